The van der Waals surface area contributed by atoms with Crippen molar-refractivity contribution in [2.45, 2.75) is 26.7 Å². The summed E-state index contributed by atoms with van der Waals surface area (Å²) in [4.78, 5) is 11.8. The normalized spacial score (nSPS) is 17.5. The summed E-state index contributed by atoms with van der Waals surface area (Å²) < 4.78 is 0. The van der Waals surface area contributed by atoms with Gasteiger partial charge in [0.15, 0.2) is 5.82 Å². The molecule has 1 amide bonds. The van der Waals surface area contributed by atoms with Crippen molar-refractivity contribution in [1.82, 2.24) is 10.2 Å². The lowest BCUT2D eigenvalue weighted by Gasteiger charge is -2.11. The van der Waals surface area contributed by atoms with Crippen LogP contribution in [0, 0.1) is 19.3 Å². The second-order valence-electron chi connectivity index (χ2n) is 4.26. The largest absolute Gasteiger partial charge is 0.329 e. The van der Waals surface area contributed by atoms with Crippen molar-refractivity contribution < 1.29 is 4.79 Å². The van der Waals surface area contributed by atoms with Crippen LogP contribution in [0.5, 0.6) is 0 Å². The molecule has 0 aliphatic heterocycles. The number of nitrogens with one attached hydrogen (secondary N) is 2. The van der Waals surface area contributed by atoms with Gasteiger partial charge in [0, 0.05) is 17.8 Å². The molecule has 1 aromatic heterocycles. The van der Waals surface area contributed by atoms with E-state index in [1.165, 1.54) is 0 Å². The number of carbonyl (C=O) groups is 1. The van der Waals surface area contributed by atoms with Gasteiger partial charge in [-0.15, -0.1) is 0 Å². The number of aromatic amines is 1. The van der Waals surface area contributed by atoms with Crippen LogP contribution >= 0.6 is 0 Å². The van der Waals surface area contributed by atoms with Crippen LogP contribution in [-0.4, -0.2) is 22.6 Å². The molecule has 1 aliphatic rings. The van der Waals surface area contributed by atoms with Gasteiger partial charge in [-0.2, -0.15) is 5.10 Å². The molecular formula is C10H16N4O. The molecular weight excluding hydrogens is 192 g/mol. The number of aromatic nitrogens is 2. The Labute approximate surface area is 88.4 Å². The van der Waals surface area contributed by atoms with E-state index in [2.05, 4.69) is 15.5 Å². The van der Waals surface area contributed by atoms with E-state index in [4.69, 9.17) is 5.73 Å². The number of anilines is 1. The topological polar surface area (TPSA) is 83.8 Å². The third-order valence-electron chi connectivity index (χ3n) is 3.21. The molecule has 1 fully saturated rings. The molecule has 0 atom stereocenters. The maximum Gasteiger partial charge on any atom is 0.233 e. The van der Waals surface area contributed by atoms with Gasteiger partial charge >= 0.3 is 0 Å². The number of rotatable bonds is 3. The minimum Gasteiger partial charge on any atom is -0.329 e. The summed E-state index contributed by atoms with van der Waals surface area (Å²) in [6.07, 6.45) is 1.77. The molecule has 0 aromatic carbocycles. The molecule has 0 radical (unpaired) electrons. The van der Waals surface area contributed by atoms with Crippen molar-refractivity contribution in [2.75, 3.05) is 11.9 Å². The highest BCUT2D eigenvalue weighted by atomic mass is 16.2. The first kappa shape index (κ1) is 10.2. The predicted octanol–water partition coefficient (Wildman–Crippen LogP) is 0.704. The van der Waals surface area contributed by atoms with E-state index in [1.807, 2.05) is 13.8 Å². The van der Waals surface area contributed by atoms with Crippen LogP contribution in [0.1, 0.15) is 24.1 Å². The number of carbonyl (C=O) groups excluding carboxylic acids is 1. The Morgan fingerprint density at radius 1 is 1.60 bits per heavy atom. The summed E-state index contributed by atoms with van der Waals surface area (Å²) in [5.74, 6) is 0.622. The Balaban J connectivity index is 2.10. The fourth-order valence-electron chi connectivity index (χ4n) is 1.52. The molecule has 4 N–H and O–H groups in total. The molecule has 0 bridgehead atoms. The molecule has 1 heterocycles. The molecule has 82 valence electrons. The highest BCUT2D eigenvalue weighted by Gasteiger charge is 2.48. The van der Waals surface area contributed by atoms with Gasteiger partial charge in [0.1, 0.15) is 0 Å². The predicted molar refractivity (Wildman–Crippen MR) is 57.4 cm³/mol. The molecule has 0 unspecified atom stereocenters. The van der Waals surface area contributed by atoms with Crippen molar-refractivity contribution in [1.29, 1.82) is 0 Å². The number of H-pyrrole nitrogens is 1. The average Bonchev–Trinajstić information content (AvgIpc) is 2.97. The molecule has 2 rings (SSSR count). The number of nitrogens with zero attached hydrogens (tertiary/aromatic N) is 1. The Morgan fingerprint density at radius 3 is 2.67 bits per heavy atom. The highest BCUT2D eigenvalue weighted by Crippen LogP contribution is 2.45. The number of hydrogen-bond acceptors (Lipinski definition) is 3. The smallest absolute Gasteiger partial charge is 0.233 e. The first-order valence-corrected chi connectivity index (χ1v) is 5.12. The third kappa shape index (κ3) is 1.63. The van der Waals surface area contributed by atoms with Crippen LogP contribution in [0.2, 0.25) is 0 Å². The van der Waals surface area contributed by atoms with Gasteiger partial charge in [-0.05, 0) is 26.7 Å². The molecule has 1 aromatic rings. The quantitative estimate of drug-likeness (QED) is 0.683. The lowest BCUT2D eigenvalue weighted by atomic mass is 10.1. The van der Waals surface area contributed by atoms with Crippen molar-refractivity contribution in [2.24, 2.45) is 11.1 Å². The molecule has 15 heavy (non-hydrogen) atoms. The van der Waals surface area contributed by atoms with Crippen LogP contribution in [0.15, 0.2) is 0 Å². The van der Waals surface area contributed by atoms with E-state index < -0.39 is 0 Å². The molecule has 5 heteroatoms. The van der Waals surface area contributed by atoms with Crippen LogP contribution in [0.3, 0.4) is 0 Å². The second kappa shape index (κ2) is 3.34. The Morgan fingerprint density at radius 2 is 2.27 bits per heavy atom. The Bertz CT molecular complexity index is 392. The zero-order valence-corrected chi connectivity index (χ0v) is 9.05. The van der Waals surface area contributed by atoms with E-state index >= 15 is 0 Å². The first-order chi connectivity index (χ1) is 7.09. The van der Waals surface area contributed by atoms with Crippen molar-refractivity contribution >= 4 is 11.7 Å². The number of aryl methyl sites for hydroxylation is 1. The van der Waals surface area contributed by atoms with E-state index in [1.54, 1.807) is 0 Å². The Hall–Kier alpha value is -1.36. The summed E-state index contributed by atoms with van der Waals surface area (Å²) in [7, 11) is 0. The van der Waals surface area contributed by atoms with E-state index in [9.17, 15) is 4.79 Å². The van der Waals surface area contributed by atoms with Gasteiger partial charge in [-0.3, -0.25) is 9.89 Å². The molecule has 5 nitrogen and oxygen atoms in total. The molecule has 0 spiro atoms. The summed E-state index contributed by atoms with van der Waals surface area (Å²) in [6.45, 7) is 4.27. The number of hydrogen-bond donors (Lipinski definition) is 3. The van der Waals surface area contributed by atoms with Gasteiger partial charge in [0.2, 0.25) is 5.91 Å². The Kier molecular flexibility index (Phi) is 2.26. The maximum atomic E-state index is 11.8. The van der Waals surface area contributed by atoms with Crippen molar-refractivity contribution in [3.05, 3.63) is 11.3 Å². The lowest BCUT2D eigenvalue weighted by Crippen LogP contribution is -2.31. The van der Waals surface area contributed by atoms with Crippen molar-refractivity contribution in [3.63, 3.8) is 0 Å². The van der Waals surface area contributed by atoms with E-state index in [0.717, 1.165) is 24.1 Å². The monoisotopic (exact) mass is 208 g/mol. The molecule has 1 saturated carbocycles. The van der Waals surface area contributed by atoms with Crippen LogP contribution in [0.25, 0.3) is 0 Å². The minimum absolute atomic E-state index is 0.000370. The van der Waals surface area contributed by atoms with Gasteiger partial charge in [0.25, 0.3) is 0 Å². The lowest BCUT2D eigenvalue weighted by molar-refractivity contribution is -0.120. The van der Waals surface area contributed by atoms with Crippen LogP contribution in [0.4, 0.5) is 5.82 Å². The fraction of sp³-hybridized carbons (Fsp3) is 0.600. The van der Waals surface area contributed by atoms with Crippen LogP contribution in [-0.2, 0) is 4.79 Å². The van der Waals surface area contributed by atoms with Gasteiger partial charge < -0.3 is 11.1 Å². The second-order valence-corrected chi connectivity index (χ2v) is 4.26. The summed E-state index contributed by atoms with van der Waals surface area (Å²) >= 11 is 0. The third-order valence-corrected chi connectivity index (χ3v) is 3.21. The summed E-state index contributed by atoms with van der Waals surface area (Å²) in [6, 6.07) is 0. The first-order valence-electron chi connectivity index (χ1n) is 5.12. The fourth-order valence-corrected chi connectivity index (χ4v) is 1.52. The van der Waals surface area contributed by atoms with Gasteiger partial charge in [-0.25, -0.2) is 0 Å². The number of amides is 1. The zero-order valence-electron chi connectivity index (χ0n) is 9.05. The van der Waals surface area contributed by atoms with Crippen LogP contribution < -0.4 is 11.1 Å². The number of nitrogens with two attached hydrogens (primary N) is 1. The average molecular weight is 208 g/mol. The summed E-state index contributed by atoms with van der Waals surface area (Å²) in [5.41, 5.74) is 7.21. The SMILES string of the molecule is Cc1[nH]nc(NC(=O)C2(CN)CC2)c1C. The molecule has 0 saturated heterocycles. The summed E-state index contributed by atoms with van der Waals surface area (Å²) in [5, 5.41) is 9.69. The van der Waals surface area contributed by atoms with Crippen molar-refractivity contribution in [3.8, 4) is 0 Å². The minimum atomic E-state index is -0.320. The van der Waals surface area contributed by atoms with Gasteiger partial charge in [0.05, 0.1) is 5.41 Å². The van der Waals surface area contributed by atoms with Gasteiger partial charge in [-0.1, -0.05) is 0 Å². The van der Waals surface area contributed by atoms with E-state index in [-0.39, 0.29) is 11.3 Å². The highest BCUT2D eigenvalue weighted by molar-refractivity contribution is 5.97. The maximum absolute atomic E-state index is 11.8. The standard InChI is InChI=1S/C10H16N4O/c1-6-7(2)13-14-8(6)12-9(15)10(5-11)3-4-10/h3-5,11H2,1-2H3,(H2,12,13,14,15). The molecule has 1 aliphatic carbocycles. The zero-order chi connectivity index (χ0) is 11.1. The van der Waals surface area contributed by atoms with E-state index in [0.29, 0.717) is 12.4 Å².